The van der Waals surface area contributed by atoms with E-state index in [-0.39, 0.29) is 64.2 Å². The van der Waals surface area contributed by atoms with E-state index in [0.717, 1.165) is 102 Å². The van der Waals surface area contributed by atoms with E-state index in [1.54, 1.807) is 24.7 Å². The molecule has 0 atom stereocenters. The van der Waals surface area contributed by atoms with Gasteiger partial charge in [0.2, 0.25) is 0 Å². The summed E-state index contributed by atoms with van der Waals surface area (Å²) in [5.41, 5.74) is 15.6. The Bertz CT molecular complexity index is 3780. The van der Waals surface area contributed by atoms with E-state index in [0.29, 0.717) is 29.5 Å². The molecule has 27 heteroatoms. The van der Waals surface area contributed by atoms with Gasteiger partial charge in [-0.1, -0.05) is 0 Å². The molecule has 9 aromatic rings. The van der Waals surface area contributed by atoms with Gasteiger partial charge in [0.1, 0.15) is 39.8 Å². The van der Waals surface area contributed by atoms with Crippen molar-refractivity contribution >= 4 is 99.2 Å². The number of carboxylic acid groups (broad SMARTS) is 1. The molecule has 0 aromatic carbocycles. The lowest BCUT2D eigenvalue weighted by molar-refractivity contribution is 0.0689. The molecule has 13 N–H and O–H groups in total. The lowest BCUT2D eigenvalue weighted by Gasteiger charge is -2.04. The maximum atomic E-state index is 12.6. The molecule has 3 fully saturated rings. The monoisotopic (exact) mass is 1220 g/mol. The van der Waals surface area contributed by atoms with E-state index in [2.05, 4.69) is 88.5 Å². The Hall–Kier alpha value is -8.34. The predicted octanol–water partition coefficient (Wildman–Crippen LogP) is 3.44. The third-order valence-corrected chi connectivity index (χ3v) is 13.7. The van der Waals surface area contributed by atoms with Gasteiger partial charge in [-0.3, -0.25) is 39.3 Å². The van der Waals surface area contributed by atoms with Crippen LogP contribution in [-0.2, 0) is 12.8 Å². The number of pyridine rings is 5. The predicted molar refractivity (Wildman–Crippen MR) is 314 cm³/mol. The number of nitrogens with one attached hydrogen (secondary N) is 6. The molecule has 422 valence electrons. The second kappa shape index (κ2) is 27.0. The van der Waals surface area contributed by atoms with Crippen LogP contribution < -0.4 is 27.3 Å². The summed E-state index contributed by atoms with van der Waals surface area (Å²) in [5.74, 6) is -1.64. The van der Waals surface area contributed by atoms with Gasteiger partial charge in [-0.2, -0.15) is 10.2 Å². The van der Waals surface area contributed by atoms with Crippen molar-refractivity contribution in [1.29, 1.82) is 0 Å². The van der Waals surface area contributed by atoms with Gasteiger partial charge >= 0.3 is 20.2 Å². The summed E-state index contributed by atoms with van der Waals surface area (Å²) in [5, 5.41) is 65.2. The van der Waals surface area contributed by atoms with Crippen LogP contribution in [0, 0.1) is 31.4 Å². The lowest BCUT2D eigenvalue weighted by atomic mass is 9.80. The number of amides is 2. The fourth-order valence-corrected chi connectivity index (χ4v) is 8.33. The van der Waals surface area contributed by atoms with Crippen molar-refractivity contribution in [3.63, 3.8) is 0 Å². The number of aryl methyl sites for hydroxylation is 2. The van der Waals surface area contributed by atoms with Gasteiger partial charge < -0.3 is 51.5 Å². The van der Waals surface area contributed by atoms with E-state index in [1.165, 1.54) is 43.4 Å². The van der Waals surface area contributed by atoms with Crippen molar-refractivity contribution in [3.05, 3.63) is 157 Å². The first-order chi connectivity index (χ1) is 39.2. The average Bonchev–Trinajstić information content (AvgIpc) is 4.49. The minimum absolute atomic E-state index is 0.0123. The molecule has 3 aliphatic carbocycles. The van der Waals surface area contributed by atoms with Crippen LogP contribution in [0.1, 0.15) is 125 Å². The van der Waals surface area contributed by atoms with Crippen molar-refractivity contribution in [3.8, 4) is 11.3 Å². The van der Waals surface area contributed by atoms with Crippen LogP contribution in [-0.4, -0.2) is 142 Å². The van der Waals surface area contributed by atoms with Crippen molar-refractivity contribution in [2.75, 3.05) is 0 Å². The van der Waals surface area contributed by atoms with Gasteiger partial charge in [-0.25, -0.2) is 19.7 Å². The number of carboxylic acids is 1. The molecule has 9 aromatic heterocycles. The number of carbonyl (C=O) groups is 5. The molecular weight excluding hydrogens is 1170 g/mol. The molecule has 0 bridgehead atoms. The molecule has 3 aliphatic rings. The zero-order valence-corrected chi connectivity index (χ0v) is 47.2. The van der Waals surface area contributed by atoms with E-state index < -0.39 is 20.2 Å². The fraction of sp³-hybridized carbons (Fsp3) is 0.273. The standard InChI is InChI=1S/C23H22N6O2.C14H13IN4O.C9H11BN2O3.C6H6BNO4.C3H7N/c1-12-13(2)28-29-21(12)20(30)8-14-7-16-10-18(27-22(16)25-11-14)15-5-6-24-19(9-15)23(31)26-17-3-4-17;1-7-8(2)18-19-13(7)11(20)4-9-3-10-5-12(15)17-14(10)16-6-9;13-9(12-7-1-2-7)8-5-6(10(14)15)3-4-11-8;9-6(10)5-3-4(7(11)12)1-2-8-5;4-3-1-2-3/h5-7,9-11,17H,3-4,8H2,1-2H3,(H,25,27)(H,26,31)(H,28,29);3,5-6H,4H2,1-2H3,(H,16,17)(H,18,19);3-5,7,14-15H,1-2H2,(H,12,13);1-3,11-12H,(H,9,10);3H,1-2,4H2. The Morgan fingerprint density at radius 3 is 1.48 bits per heavy atom. The Morgan fingerprint density at radius 1 is 0.598 bits per heavy atom. The van der Waals surface area contributed by atoms with Crippen LogP contribution in [0.25, 0.3) is 33.3 Å². The first-order valence-corrected chi connectivity index (χ1v) is 27.2. The molecule has 0 saturated heterocycles. The Morgan fingerprint density at radius 2 is 1.04 bits per heavy atom. The molecule has 82 heavy (non-hydrogen) atoms. The number of halogens is 1. The number of hydrogen-bond donors (Lipinski definition) is 12. The molecule has 3 saturated carbocycles. The van der Waals surface area contributed by atoms with Gasteiger partial charge in [0.05, 0.1) is 3.70 Å². The van der Waals surface area contributed by atoms with Crippen LogP contribution in [0.2, 0.25) is 0 Å². The van der Waals surface area contributed by atoms with Crippen LogP contribution in [0.4, 0.5) is 0 Å². The molecule has 0 radical (unpaired) electrons. The number of hydrogen-bond acceptors (Lipinski definition) is 17. The number of aromatic amines is 4. The molecule has 0 aliphatic heterocycles. The summed E-state index contributed by atoms with van der Waals surface area (Å²) >= 11 is 2.21. The lowest BCUT2D eigenvalue weighted by Crippen LogP contribution is -2.33. The molecule has 0 unspecified atom stereocenters. The topological polar surface area (TPSA) is 390 Å². The maximum absolute atomic E-state index is 12.6. The fourth-order valence-electron chi connectivity index (χ4n) is 7.74. The SMILES string of the molecule is Cc1[nH]nc(C(=O)Cc2cnc3[nH]c(-c4ccnc(C(=O)NC5CC5)c4)cc3c2)c1C.Cc1[nH]nc(C(=O)Cc2cnc3[nH]c(I)cc3c2)c1C.NC1CC1.O=C(NC1CC1)c1cc(B(O)O)ccn1.O=C(O)c1cc(B(O)O)ccn1. The van der Waals surface area contributed by atoms with Gasteiger partial charge in [0.25, 0.3) is 11.8 Å². The molecule has 12 rings (SSSR count). The highest BCUT2D eigenvalue weighted by molar-refractivity contribution is 14.1. The Labute approximate surface area is 483 Å². The number of H-pyrrole nitrogens is 4. The maximum Gasteiger partial charge on any atom is 0.488 e. The summed E-state index contributed by atoms with van der Waals surface area (Å²) in [6, 6.07) is 18.0. The number of aromatic nitrogens is 11. The summed E-state index contributed by atoms with van der Waals surface area (Å²) in [4.78, 5) is 85.9. The molecule has 2 amide bonds. The van der Waals surface area contributed by atoms with E-state index in [4.69, 9.17) is 30.9 Å². The zero-order valence-electron chi connectivity index (χ0n) is 45.1. The number of rotatable bonds is 14. The number of fused-ring (bicyclic) bond motifs is 2. The highest BCUT2D eigenvalue weighted by Crippen LogP contribution is 2.26. The van der Waals surface area contributed by atoms with E-state index in [1.807, 2.05) is 58.0 Å². The van der Waals surface area contributed by atoms with Crippen molar-refractivity contribution in [2.24, 2.45) is 5.73 Å². The van der Waals surface area contributed by atoms with Gasteiger partial charge in [-0.15, -0.1) is 0 Å². The molecule has 24 nitrogen and oxygen atoms in total. The summed E-state index contributed by atoms with van der Waals surface area (Å²) < 4.78 is 1.03. The van der Waals surface area contributed by atoms with Crippen molar-refractivity contribution in [2.45, 2.75) is 97.2 Å². The molecule has 9 heterocycles. The van der Waals surface area contributed by atoms with Crippen LogP contribution in [0.15, 0.2) is 91.6 Å². The Kier molecular flexibility index (Phi) is 19.6. The quantitative estimate of drug-likeness (QED) is 0.0421. The number of nitrogens with zero attached hydrogens (tertiary/aromatic N) is 7. The van der Waals surface area contributed by atoms with Crippen LogP contribution in [0.5, 0.6) is 0 Å². The summed E-state index contributed by atoms with van der Waals surface area (Å²) in [6.45, 7) is 7.60. The third-order valence-electron chi connectivity index (χ3n) is 13.2. The minimum atomic E-state index is -1.66. The number of carbonyl (C=O) groups excluding carboxylic acids is 4. The first-order valence-electron chi connectivity index (χ1n) is 26.1. The largest absolute Gasteiger partial charge is 0.488 e. The van der Waals surface area contributed by atoms with Crippen molar-refractivity contribution in [1.82, 2.24) is 65.9 Å². The van der Waals surface area contributed by atoms with Gasteiger partial charge in [-0.05, 0) is 172 Å². The normalized spacial score (nSPS) is 13.2. The zero-order chi connectivity index (χ0) is 58.8. The second-order valence-corrected chi connectivity index (χ2v) is 21.1. The number of Topliss-reactive ketones (excluding diaryl/α,β-unsaturated/α-hetero) is 2. The van der Waals surface area contributed by atoms with Crippen LogP contribution in [0.3, 0.4) is 0 Å². The summed E-state index contributed by atoms with van der Waals surface area (Å²) in [6.07, 6.45) is 14.8. The third kappa shape index (κ3) is 16.6. The molecular formula is C55H59B2IN14O10. The summed E-state index contributed by atoms with van der Waals surface area (Å²) in [7, 11) is -3.23. The average molecular weight is 1220 g/mol. The smallest absolute Gasteiger partial charge is 0.477 e. The van der Waals surface area contributed by atoms with Gasteiger partial charge in [0.15, 0.2) is 11.6 Å². The highest BCUT2D eigenvalue weighted by atomic mass is 127. The van der Waals surface area contributed by atoms with Gasteiger partial charge in [0, 0.05) is 106 Å². The van der Waals surface area contributed by atoms with Crippen molar-refractivity contribution < 1.29 is 49.2 Å². The van der Waals surface area contributed by atoms with E-state index in [9.17, 15) is 24.0 Å². The minimum Gasteiger partial charge on any atom is -0.477 e. The first kappa shape index (κ1) is 59.8. The number of nitrogens with two attached hydrogens (primary N) is 1. The second-order valence-electron chi connectivity index (χ2n) is 20.0. The molecule has 0 spiro atoms. The number of ketones is 2. The highest BCUT2D eigenvalue weighted by Gasteiger charge is 2.26. The Balaban J connectivity index is 0.000000149. The van der Waals surface area contributed by atoms with Crippen LogP contribution >= 0.6 is 22.6 Å². The number of aromatic carboxylic acids is 1. The van der Waals surface area contributed by atoms with E-state index >= 15 is 0 Å².